The Morgan fingerprint density at radius 1 is 0.812 bits per heavy atom. The van der Waals surface area contributed by atoms with Crippen molar-refractivity contribution in [3.05, 3.63) is 59.7 Å². The molecule has 0 heterocycles. The maximum Gasteiger partial charge on any atom is 0.335 e. The second-order valence-electron chi connectivity index (χ2n) is 6.86. The average Bonchev–Trinajstić information content (AvgIpc) is 2.78. The van der Waals surface area contributed by atoms with Crippen molar-refractivity contribution in [3.8, 4) is 17.2 Å². The lowest BCUT2D eigenvalue weighted by molar-refractivity contribution is -0.156. The molecule has 0 N–H and O–H groups in total. The molecule has 0 aliphatic rings. The highest BCUT2D eigenvalue weighted by Gasteiger charge is 2.20. The van der Waals surface area contributed by atoms with Gasteiger partial charge in [-0.05, 0) is 69.2 Å². The highest BCUT2D eigenvalue weighted by atomic mass is 16.6. The van der Waals surface area contributed by atoms with Gasteiger partial charge in [-0.3, -0.25) is 0 Å². The van der Waals surface area contributed by atoms with Crippen LogP contribution in [0.1, 0.15) is 38.8 Å². The first-order valence-electron chi connectivity index (χ1n) is 11.2. The van der Waals surface area contributed by atoms with Crippen molar-refractivity contribution >= 4 is 12.0 Å². The molecule has 1 atom stereocenters. The minimum absolute atomic E-state index is 0.333. The summed E-state index contributed by atoms with van der Waals surface area (Å²) in [6.45, 7) is 9.97. The van der Waals surface area contributed by atoms with Crippen LogP contribution in [0.3, 0.4) is 0 Å². The van der Waals surface area contributed by atoms with Crippen LogP contribution in [0.25, 0.3) is 6.08 Å². The van der Waals surface area contributed by atoms with Crippen LogP contribution >= 0.6 is 0 Å². The van der Waals surface area contributed by atoms with E-state index in [-0.39, 0.29) is 5.97 Å². The monoisotopic (exact) mass is 442 g/mol. The lowest BCUT2D eigenvalue weighted by atomic mass is 10.1. The third-order valence-corrected chi connectivity index (χ3v) is 4.44. The molecule has 0 spiro atoms. The van der Waals surface area contributed by atoms with Gasteiger partial charge in [-0.25, -0.2) is 4.79 Å². The second-order valence-corrected chi connectivity index (χ2v) is 6.86. The normalized spacial score (nSPS) is 11.9. The van der Waals surface area contributed by atoms with Crippen LogP contribution in [-0.4, -0.2) is 45.1 Å². The Hall–Kier alpha value is -2.99. The van der Waals surface area contributed by atoms with Gasteiger partial charge in [-0.15, -0.1) is 0 Å². The predicted octanol–water partition coefficient (Wildman–Crippen LogP) is 5.09. The third kappa shape index (κ3) is 8.63. The van der Waals surface area contributed by atoms with Crippen LogP contribution in [0.15, 0.2) is 48.5 Å². The maximum atomic E-state index is 12.0. The van der Waals surface area contributed by atoms with Gasteiger partial charge in [0, 0.05) is 19.1 Å². The quantitative estimate of drug-likeness (QED) is 0.380. The van der Waals surface area contributed by atoms with E-state index in [1.165, 1.54) is 0 Å². The van der Waals surface area contributed by atoms with E-state index in [9.17, 15) is 4.79 Å². The number of benzene rings is 2. The van der Waals surface area contributed by atoms with Gasteiger partial charge in [-0.1, -0.05) is 18.2 Å². The van der Waals surface area contributed by atoms with E-state index in [1.807, 2.05) is 75.4 Å². The molecule has 1 unspecified atom stereocenters. The number of rotatable bonds is 14. The molecule has 0 fully saturated rings. The number of esters is 1. The fraction of sp³-hybridized carbons (Fsp3) is 0.423. The molecule has 6 nitrogen and oxygen atoms in total. The van der Waals surface area contributed by atoms with Crippen molar-refractivity contribution in [2.24, 2.45) is 0 Å². The lowest BCUT2D eigenvalue weighted by Gasteiger charge is -2.15. The number of carbonyl (C=O) groups is 1. The molecule has 0 aliphatic heterocycles. The van der Waals surface area contributed by atoms with E-state index in [0.717, 1.165) is 28.4 Å². The molecule has 2 rings (SSSR count). The van der Waals surface area contributed by atoms with Crippen molar-refractivity contribution in [2.75, 3.05) is 33.0 Å². The Bertz CT molecular complexity index is 820. The largest absolute Gasteiger partial charge is 0.494 e. The van der Waals surface area contributed by atoms with Crippen LogP contribution in [0.5, 0.6) is 17.2 Å². The van der Waals surface area contributed by atoms with Crippen LogP contribution in [0.2, 0.25) is 0 Å². The smallest absolute Gasteiger partial charge is 0.335 e. The zero-order chi connectivity index (χ0) is 23.2. The zero-order valence-corrected chi connectivity index (χ0v) is 19.5. The Labute approximate surface area is 191 Å². The van der Waals surface area contributed by atoms with Crippen LogP contribution in [0, 0.1) is 0 Å². The molecule has 0 aliphatic carbocycles. The van der Waals surface area contributed by atoms with Gasteiger partial charge in [0.05, 0.1) is 19.8 Å². The first-order chi connectivity index (χ1) is 15.6. The van der Waals surface area contributed by atoms with Gasteiger partial charge in [0.1, 0.15) is 23.9 Å². The van der Waals surface area contributed by atoms with Gasteiger partial charge in [0.25, 0.3) is 0 Å². The average molecular weight is 443 g/mol. The van der Waals surface area contributed by atoms with Crippen LogP contribution in [0.4, 0.5) is 0 Å². The summed E-state index contributed by atoms with van der Waals surface area (Å²) < 4.78 is 27.6. The summed E-state index contributed by atoms with van der Waals surface area (Å²) in [6.07, 6.45) is 3.79. The molecule has 0 saturated heterocycles. The highest BCUT2D eigenvalue weighted by molar-refractivity contribution is 5.75. The molecule has 0 bridgehead atoms. The van der Waals surface area contributed by atoms with Crippen LogP contribution in [-0.2, 0) is 20.7 Å². The van der Waals surface area contributed by atoms with Crippen LogP contribution < -0.4 is 14.2 Å². The van der Waals surface area contributed by atoms with Gasteiger partial charge < -0.3 is 23.7 Å². The van der Waals surface area contributed by atoms with E-state index < -0.39 is 6.10 Å². The molecule has 0 amide bonds. The molecule has 0 saturated carbocycles. The number of hydrogen-bond acceptors (Lipinski definition) is 6. The van der Waals surface area contributed by atoms with Gasteiger partial charge >= 0.3 is 5.97 Å². The summed E-state index contributed by atoms with van der Waals surface area (Å²) in [5.41, 5.74) is 1.97. The fourth-order valence-electron chi connectivity index (χ4n) is 3.10. The number of ether oxygens (including phenoxy) is 5. The summed E-state index contributed by atoms with van der Waals surface area (Å²) in [5, 5.41) is 0. The molecule has 0 radical (unpaired) electrons. The van der Waals surface area contributed by atoms with E-state index in [1.54, 1.807) is 6.92 Å². The van der Waals surface area contributed by atoms with E-state index in [0.29, 0.717) is 39.5 Å². The summed E-state index contributed by atoms with van der Waals surface area (Å²) in [7, 11) is 0. The summed E-state index contributed by atoms with van der Waals surface area (Å²) in [4.78, 5) is 12.0. The lowest BCUT2D eigenvalue weighted by Crippen LogP contribution is -2.28. The first-order valence-corrected chi connectivity index (χ1v) is 11.2. The van der Waals surface area contributed by atoms with Crippen molar-refractivity contribution in [1.29, 1.82) is 0 Å². The molecular weight excluding hydrogens is 408 g/mol. The SMILES string of the molecule is CCOC(=O)C(Cc1ccc(OCC=Cc2cc(OCC)cc(OCC)c2)cc1)OCC. The summed E-state index contributed by atoms with van der Waals surface area (Å²) in [6, 6.07) is 13.5. The zero-order valence-electron chi connectivity index (χ0n) is 19.5. The second kappa shape index (κ2) is 14.1. The third-order valence-electron chi connectivity index (χ3n) is 4.44. The molecular formula is C26H34O6. The van der Waals surface area contributed by atoms with Crippen molar-refractivity contribution in [1.82, 2.24) is 0 Å². The Morgan fingerprint density at radius 3 is 2.03 bits per heavy atom. The summed E-state index contributed by atoms with van der Waals surface area (Å²) >= 11 is 0. The minimum atomic E-state index is -0.594. The topological polar surface area (TPSA) is 63.2 Å². The summed E-state index contributed by atoms with van der Waals surface area (Å²) in [5.74, 6) is 1.98. The Morgan fingerprint density at radius 2 is 1.47 bits per heavy atom. The minimum Gasteiger partial charge on any atom is -0.494 e. The molecule has 2 aromatic rings. The van der Waals surface area contributed by atoms with E-state index in [2.05, 4.69) is 0 Å². The van der Waals surface area contributed by atoms with Crippen molar-refractivity contribution < 1.29 is 28.5 Å². The molecule has 2 aromatic carbocycles. The molecule has 6 heteroatoms. The van der Waals surface area contributed by atoms with E-state index >= 15 is 0 Å². The Kier molecular flexibility index (Phi) is 11.2. The van der Waals surface area contributed by atoms with E-state index in [4.69, 9.17) is 23.7 Å². The Balaban J connectivity index is 1.92. The molecule has 0 aromatic heterocycles. The fourth-order valence-corrected chi connectivity index (χ4v) is 3.10. The van der Waals surface area contributed by atoms with Gasteiger partial charge in [-0.2, -0.15) is 0 Å². The number of carbonyl (C=O) groups excluding carboxylic acids is 1. The predicted molar refractivity (Wildman–Crippen MR) is 126 cm³/mol. The standard InChI is InChI=1S/C26H34O6/c1-5-28-23-16-21(17-24(19-23)29-6-2)10-9-15-32-22-13-11-20(12-14-22)18-25(30-7-3)26(27)31-8-4/h9-14,16-17,19,25H,5-8,15,18H2,1-4H3. The van der Waals surface area contributed by atoms with Crippen molar-refractivity contribution in [3.63, 3.8) is 0 Å². The first kappa shape index (κ1) is 25.3. The molecule has 32 heavy (non-hydrogen) atoms. The maximum absolute atomic E-state index is 12.0. The molecule has 174 valence electrons. The number of hydrogen-bond donors (Lipinski definition) is 0. The van der Waals surface area contributed by atoms with Gasteiger partial charge in [0.15, 0.2) is 6.10 Å². The van der Waals surface area contributed by atoms with Gasteiger partial charge in [0.2, 0.25) is 0 Å². The highest BCUT2D eigenvalue weighted by Crippen LogP contribution is 2.24. The van der Waals surface area contributed by atoms with Crippen molar-refractivity contribution in [2.45, 2.75) is 40.2 Å².